The molecule has 0 spiro atoms. The molecule has 2 aromatic rings. The van der Waals surface area contributed by atoms with Gasteiger partial charge in [0.25, 0.3) is 0 Å². The van der Waals surface area contributed by atoms with Gasteiger partial charge in [-0.25, -0.2) is 9.97 Å². The lowest BCUT2D eigenvalue weighted by Gasteiger charge is -2.13. The monoisotopic (exact) mass is 278 g/mol. The maximum atomic E-state index is 8.99. The van der Waals surface area contributed by atoms with Crippen LogP contribution in [0.1, 0.15) is 30.9 Å². The third-order valence-electron chi connectivity index (χ3n) is 2.70. The number of nitrogens with zero attached hydrogens (tertiary/aromatic N) is 2. The second kappa shape index (κ2) is 5.99. The van der Waals surface area contributed by atoms with Crippen LogP contribution in [0.15, 0.2) is 30.6 Å². The summed E-state index contributed by atoms with van der Waals surface area (Å²) in [4.78, 5) is 8.10. The standard InChI is InChI=1S/C14H15ClN2O2/c1-9(2)12-13(15)16-8-17-14(12)19-11-5-3-10(7-18)4-6-11/h3-6,8-9,18H,7H2,1-2H3. The van der Waals surface area contributed by atoms with Gasteiger partial charge in [-0.15, -0.1) is 0 Å². The van der Waals surface area contributed by atoms with Gasteiger partial charge >= 0.3 is 0 Å². The summed E-state index contributed by atoms with van der Waals surface area (Å²) in [5.74, 6) is 1.28. The van der Waals surface area contributed by atoms with Gasteiger partial charge < -0.3 is 9.84 Å². The molecule has 1 aromatic heterocycles. The van der Waals surface area contributed by atoms with E-state index in [4.69, 9.17) is 21.4 Å². The molecule has 0 saturated carbocycles. The van der Waals surface area contributed by atoms with E-state index in [-0.39, 0.29) is 12.5 Å². The summed E-state index contributed by atoms with van der Waals surface area (Å²) in [6.07, 6.45) is 1.38. The number of aromatic nitrogens is 2. The summed E-state index contributed by atoms with van der Waals surface area (Å²) in [7, 11) is 0. The van der Waals surface area contributed by atoms with Crippen molar-refractivity contribution >= 4 is 11.6 Å². The number of aliphatic hydroxyl groups excluding tert-OH is 1. The number of benzene rings is 1. The first-order chi connectivity index (χ1) is 9.11. The lowest BCUT2D eigenvalue weighted by molar-refractivity contribution is 0.281. The highest BCUT2D eigenvalue weighted by Crippen LogP contribution is 2.32. The van der Waals surface area contributed by atoms with E-state index in [0.29, 0.717) is 16.8 Å². The summed E-state index contributed by atoms with van der Waals surface area (Å²) < 4.78 is 5.73. The fourth-order valence-corrected chi connectivity index (χ4v) is 2.04. The maximum Gasteiger partial charge on any atom is 0.227 e. The number of ether oxygens (including phenoxy) is 1. The highest BCUT2D eigenvalue weighted by molar-refractivity contribution is 6.30. The fourth-order valence-electron chi connectivity index (χ4n) is 1.70. The van der Waals surface area contributed by atoms with Crippen LogP contribution >= 0.6 is 11.6 Å². The normalized spacial score (nSPS) is 10.8. The average molecular weight is 279 g/mol. The van der Waals surface area contributed by atoms with Crippen molar-refractivity contribution in [1.82, 2.24) is 9.97 Å². The lowest BCUT2D eigenvalue weighted by atomic mass is 10.1. The van der Waals surface area contributed by atoms with Crippen LogP contribution in [0.25, 0.3) is 0 Å². The van der Waals surface area contributed by atoms with Crippen LogP contribution in [0.2, 0.25) is 5.15 Å². The SMILES string of the molecule is CC(C)c1c(Cl)ncnc1Oc1ccc(CO)cc1. The molecule has 0 atom stereocenters. The molecular formula is C14H15ClN2O2. The number of hydrogen-bond donors (Lipinski definition) is 1. The second-order valence-corrected chi connectivity index (χ2v) is 4.80. The van der Waals surface area contributed by atoms with Crippen LogP contribution in [0.4, 0.5) is 0 Å². The molecular weight excluding hydrogens is 264 g/mol. The minimum absolute atomic E-state index is 0.0108. The van der Waals surface area contributed by atoms with Crippen LogP contribution in [-0.4, -0.2) is 15.1 Å². The third-order valence-corrected chi connectivity index (χ3v) is 3.00. The Morgan fingerprint density at radius 2 is 1.89 bits per heavy atom. The molecule has 0 bridgehead atoms. The Balaban J connectivity index is 2.29. The van der Waals surface area contributed by atoms with Crippen LogP contribution < -0.4 is 4.74 Å². The van der Waals surface area contributed by atoms with Gasteiger partial charge in [0.15, 0.2) is 0 Å². The van der Waals surface area contributed by atoms with Gasteiger partial charge in [-0.1, -0.05) is 37.6 Å². The molecule has 1 aromatic carbocycles. The van der Waals surface area contributed by atoms with E-state index in [1.54, 1.807) is 24.3 Å². The zero-order valence-corrected chi connectivity index (χ0v) is 11.6. The summed E-state index contributed by atoms with van der Waals surface area (Å²) in [6, 6.07) is 7.16. The summed E-state index contributed by atoms with van der Waals surface area (Å²) in [5.41, 5.74) is 1.62. The van der Waals surface area contributed by atoms with Crippen LogP contribution in [0.5, 0.6) is 11.6 Å². The fraction of sp³-hybridized carbons (Fsp3) is 0.286. The van der Waals surface area contributed by atoms with Crippen molar-refractivity contribution in [2.75, 3.05) is 0 Å². The van der Waals surface area contributed by atoms with Gasteiger partial charge in [0.1, 0.15) is 17.2 Å². The van der Waals surface area contributed by atoms with Gasteiger partial charge in [-0.05, 0) is 23.6 Å². The molecule has 2 rings (SSSR count). The highest BCUT2D eigenvalue weighted by atomic mass is 35.5. The molecule has 5 heteroatoms. The molecule has 0 fully saturated rings. The Bertz CT molecular complexity index is 556. The van der Waals surface area contributed by atoms with Crippen molar-refractivity contribution in [3.63, 3.8) is 0 Å². The minimum Gasteiger partial charge on any atom is -0.439 e. The molecule has 0 radical (unpaired) electrons. The molecule has 100 valence electrons. The zero-order valence-electron chi connectivity index (χ0n) is 10.8. The van der Waals surface area contributed by atoms with Crippen LogP contribution in [-0.2, 0) is 6.61 Å². The van der Waals surface area contributed by atoms with E-state index in [0.717, 1.165) is 11.1 Å². The van der Waals surface area contributed by atoms with E-state index in [2.05, 4.69) is 9.97 Å². The van der Waals surface area contributed by atoms with Crippen molar-refractivity contribution in [3.05, 3.63) is 46.9 Å². The minimum atomic E-state index is 0.0108. The van der Waals surface area contributed by atoms with Crippen molar-refractivity contribution in [2.45, 2.75) is 26.4 Å². The van der Waals surface area contributed by atoms with E-state index in [1.807, 2.05) is 13.8 Å². The number of aliphatic hydroxyl groups is 1. The Hall–Kier alpha value is -1.65. The molecule has 1 heterocycles. The van der Waals surface area contributed by atoms with Crippen molar-refractivity contribution in [3.8, 4) is 11.6 Å². The van der Waals surface area contributed by atoms with Gasteiger partial charge in [0, 0.05) is 0 Å². The molecule has 19 heavy (non-hydrogen) atoms. The topological polar surface area (TPSA) is 55.2 Å². The smallest absolute Gasteiger partial charge is 0.227 e. The van der Waals surface area contributed by atoms with E-state index >= 15 is 0 Å². The number of rotatable bonds is 4. The van der Waals surface area contributed by atoms with Gasteiger partial charge in [-0.2, -0.15) is 0 Å². The first-order valence-electron chi connectivity index (χ1n) is 6.00. The first kappa shape index (κ1) is 13.8. The Morgan fingerprint density at radius 3 is 2.47 bits per heavy atom. The largest absolute Gasteiger partial charge is 0.439 e. The molecule has 0 aliphatic rings. The Kier molecular flexibility index (Phi) is 4.35. The predicted octanol–water partition coefficient (Wildman–Crippen LogP) is 3.54. The number of halogens is 1. The maximum absolute atomic E-state index is 8.99. The first-order valence-corrected chi connectivity index (χ1v) is 6.37. The summed E-state index contributed by atoms with van der Waals surface area (Å²) >= 11 is 6.07. The highest BCUT2D eigenvalue weighted by Gasteiger charge is 2.15. The van der Waals surface area contributed by atoms with Crippen LogP contribution in [0.3, 0.4) is 0 Å². The van der Waals surface area contributed by atoms with Gasteiger partial charge in [0.05, 0.1) is 12.2 Å². The quantitative estimate of drug-likeness (QED) is 0.869. The molecule has 0 saturated heterocycles. The molecule has 1 N–H and O–H groups in total. The molecule has 0 aliphatic carbocycles. The lowest BCUT2D eigenvalue weighted by Crippen LogP contribution is -1.99. The Labute approximate surface area is 117 Å². The summed E-state index contributed by atoms with van der Waals surface area (Å²) in [6.45, 7) is 4.02. The van der Waals surface area contributed by atoms with E-state index in [1.165, 1.54) is 6.33 Å². The van der Waals surface area contributed by atoms with Crippen molar-refractivity contribution < 1.29 is 9.84 Å². The molecule has 0 unspecified atom stereocenters. The molecule has 4 nitrogen and oxygen atoms in total. The van der Waals surface area contributed by atoms with Crippen LogP contribution in [0, 0.1) is 0 Å². The van der Waals surface area contributed by atoms with Gasteiger partial charge in [0.2, 0.25) is 5.88 Å². The van der Waals surface area contributed by atoms with E-state index < -0.39 is 0 Å². The van der Waals surface area contributed by atoms with Crippen molar-refractivity contribution in [2.24, 2.45) is 0 Å². The average Bonchev–Trinajstić information content (AvgIpc) is 2.39. The third kappa shape index (κ3) is 3.22. The van der Waals surface area contributed by atoms with E-state index in [9.17, 15) is 0 Å². The Morgan fingerprint density at radius 1 is 1.21 bits per heavy atom. The predicted molar refractivity (Wildman–Crippen MR) is 73.6 cm³/mol. The zero-order chi connectivity index (χ0) is 13.8. The molecule has 0 aliphatic heterocycles. The van der Waals surface area contributed by atoms with Crippen molar-refractivity contribution in [1.29, 1.82) is 0 Å². The molecule has 0 amide bonds. The number of hydrogen-bond acceptors (Lipinski definition) is 4. The summed E-state index contributed by atoms with van der Waals surface area (Å²) in [5, 5.41) is 9.40. The van der Waals surface area contributed by atoms with Gasteiger partial charge in [-0.3, -0.25) is 0 Å². The second-order valence-electron chi connectivity index (χ2n) is 4.44.